The highest BCUT2D eigenvalue weighted by Gasteiger charge is 2.56. The van der Waals surface area contributed by atoms with Gasteiger partial charge in [-0.05, 0) is 39.2 Å². The molecular formula is C13H26ClNO. The van der Waals surface area contributed by atoms with E-state index in [1.165, 1.54) is 45.1 Å². The maximum Gasteiger partial charge on any atom is 0.0661 e. The number of rotatable bonds is 5. The summed E-state index contributed by atoms with van der Waals surface area (Å²) < 4.78 is 5.89. The average Bonchev–Trinajstić information content (AvgIpc) is 2.74. The molecule has 0 amide bonds. The van der Waals surface area contributed by atoms with Crippen LogP contribution in [0.1, 0.15) is 52.4 Å². The van der Waals surface area contributed by atoms with Crippen molar-refractivity contribution in [1.82, 2.24) is 5.32 Å². The molecule has 0 bridgehead atoms. The minimum Gasteiger partial charge on any atom is -0.378 e. The Morgan fingerprint density at radius 3 is 2.50 bits per heavy atom. The van der Waals surface area contributed by atoms with Crippen LogP contribution in [0.2, 0.25) is 0 Å². The van der Waals surface area contributed by atoms with Crippen molar-refractivity contribution in [2.24, 2.45) is 5.41 Å². The number of nitrogens with one attached hydrogen (secondary N) is 1. The molecule has 3 heteroatoms. The first-order valence-electron chi connectivity index (χ1n) is 6.68. The molecule has 2 nitrogen and oxygen atoms in total. The molecule has 2 aliphatic rings. The summed E-state index contributed by atoms with van der Waals surface area (Å²) in [7, 11) is 0. The minimum atomic E-state index is 0. The van der Waals surface area contributed by atoms with Crippen LogP contribution < -0.4 is 5.32 Å². The van der Waals surface area contributed by atoms with Gasteiger partial charge in [-0.1, -0.05) is 19.8 Å². The molecule has 16 heavy (non-hydrogen) atoms. The van der Waals surface area contributed by atoms with Gasteiger partial charge in [-0.15, -0.1) is 12.4 Å². The van der Waals surface area contributed by atoms with Gasteiger partial charge in [-0.25, -0.2) is 0 Å². The van der Waals surface area contributed by atoms with Crippen molar-refractivity contribution in [3.05, 3.63) is 0 Å². The first kappa shape index (κ1) is 14.3. The van der Waals surface area contributed by atoms with Gasteiger partial charge >= 0.3 is 0 Å². The molecule has 0 aromatic heterocycles. The van der Waals surface area contributed by atoms with Gasteiger partial charge in [-0.3, -0.25) is 0 Å². The summed E-state index contributed by atoms with van der Waals surface area (Å²) in [6.45, 7) is 6.42. The van der Waals surface area contributed by atoms with E-state index in [9.17, 15) is 0 Å². The number of hydrogen-bond donors (Lipinski definition) is 1. The van der Waals surface area contributed by atoms with Crippen molar-refractivity contribution in [2.75, 3.05) is 13.2 Å². The Bertz CT molecular complexity index is 204. The lowest BCUT2D eigenvalue weighted by Crippen LogP contribution is -2.62. The molecule has 0 saturated heterocycles. The third-order valence-corrected chi connectivity index (χ3v) is 4.33. The first-order chi connectivity index (χ1) is 7.33. The van der Waals surface area contributed by atoms with Crippen LogP contribution in [0.15, 0.2) is 0 Å². The Balaban J connectivity index is 0.00000128. The van der Waals surface area contributed by atoms with Crippen LogP contribution in [0.5, 0.6) is 0 Å². The summed E-state index contributed by atoms with van der Waals surface area (Å²) in [5.74, 6) is 0. The van der Waals surface area contributed by atoms with Crippen LogP contribution in [0, 0.1) is 5.41 Å². The lowest BCUT2D eigenvalue weighted by atomic mass is 9.60. The fourth-order valence-corrected chi connectivity index (χ4v) is 3.49. The van der Waals surface area contributed by atoms with Crippen molar-refractivity contribution >= 4 is 12.4 Å². The van der Waals surface area contributed by atoms with Crippen LogP contribution in [-0.2, 0) is 4.74 Å². The topological polar surface area (TPSA) is 21.3 Å². The Morgan fingerprint density at radius 2 is 1.94 bits per heavy atom. The molecule has 0 aromatic rings. The van der Waals surface area contributed by atoms with Crippen molar-refractivity contribution < 1.29 is 4.74 Å². The summed E-state index contributed by atoms with van der Waals surface area (Å²) in [5, 5.41) is 3.71. The molecule has 2 saturated carbocycles. The molecule has 2 rings (SSSR count). The monoisotopic (exact) mass is 247 g/mol. The molecule has 0 aliphatic heterocycles. The molecule has 2 fully saturated rings. The molecule has 96 valence electrons. The van der Waals surface area contributed by atoms with Gasteiger partial charge in [0.05, 0.1) is 6.10 Å². The van der Waals surface area contributed by atoms with Crippen LogP contribution in [-0.4, -0.2) is 25.3 Å². The van der Waals surface area contributed by atoms with E-state index in [2.05, 4.69) is 19.2 Å². The zero-order valence-electron chi connectivity index (χ0n) is 10.6. The number of hydrogen-bond acceptors (Lipinski definition) is 2. The predicted molar refractivity (Wildman–Crippen MR) is 70.3 cm³/mol. The van der Waals surface area contributed by atoms with E-state index >= 15 is 0 Å². The van der Waals surface area contributed by atoms with E-state index in [1.54, 1.807) is 0 Å². The standard InChI is InChI=1S/C13H25NO.ClH/c1-3-9-14-11-10-12(15-4-2)13(11)7-5-6-8-13;/h11-12,14H,3-10H2,1-2H3;1H. The van der Waals surface area contributed by atoms with Crippen molar-refractivity contribution in [2.45, 2.75) is 64.5 Å². The second kappa shape index (κ2) is 6.23. The van der Waals surface area contributed by atoms with Gasteiger partial charge < -0.3 is 10.1 Å². The third kappa shape index (κ3) is 2.39. The highest BCUT2D eigenvalue weighted by Crippen LogP contribution is 2.54. The highest BCUT2D eigenvalue weighted by atomic mass is 35.5. The van der Waals surface area contributed by atoms with Gasteiger partial charge in [0.15, 0.2) is 0 Å². The summed E-state index contributed by atoms with van der Waals surface area (Å²) in [4.78, 5) is 0. The fraction of sp³-hybridized carbons (Fsp3) is 1.00. The van der Waals surface area contributed by atoms with Gasteiger partial charge in [0.25, 0.3) is 0 Å². The predicted octanol–water partition coefficient (Wildman–Crippen LogP) is 3.15. The van der Waals surface area contributed by atoms with E-state index in [4.69, 9.17) is 4.74 Å². The molecule has 0 radical (unpaired) electrons. The van der Waals surface area contributed by atoms with Crippen molar-refractivity contribution in [1.29, 1.82) is 0 Å². The molecule has 0 heterocycles. The summed E-state index contributed by atoms with van der Waals surface area (Å²) in [6.07, 6.45) is 8.64. The van der Waals surface area contributed by atoms with Crippen molar-refractivity contribution in [3.63, 3.8) is 0 Å². The Hall–Kier alpha value is 0.210. The lowest BCUT2D eigenvalue weighted by molar-refractivity contribution is -0.130. The zero-order chi connectivity index (χ0) is 10.7. The second-order valence-corrected chi connectivity index (χ2v) is 5.13. The molecule has 1 N–H and O–H groups in total. The summed E-state index contributed by atoms with van der Waals surface area (Å²) in [6, 6.07) is 0.747. The lowest BCUT2D eigenvalue weighted by Gasteiger charge is -2.54. The largest absolute Gasteiger partial charge is 0.378 e. The van der Waals surface area contributed by atoms with Crippen molar-refractivity contribution in [3.8, 4) is 0 Å². The molecule has 2 unspecified atom stereocenters. The van der Waals surface area contributed by atoms with Gasteiger partial charge in [0, 0.05) is 18.1 Å². The smallest absolute Gasteiger partial charge is 0.0661 e. The van der Waals surface area contributed by atoms with Gasteiger partial charge in [0.1, 0.15) is 0 Å². The van der Waals surface area contributed by atoms with E-state index < -0.39 is 0 Å². The minimum absolute atomic E-state index is 0. The van der Waals surface area contributed by atoms with Gasteiger partial charge in [-0.2, -0.15) is 0 Å². The number of halogens is 1. The third-order valence-electron chi connectivity index (χ3n) is 4.33. The fourth-order valence-electron chi connectivity index (χ4n) is 3.49. The Labute approximate surface area is 106 Å². The highest BCUT2D eigenvalue weighted by molar-refractivity contribution is 5.85. The Morgan fingerprint density at radius 1 is 1.25 bits per heavy atom. The van der Waals surface area contributed by atoms with E-state index in [0.717, 1.165) is 12.6 Å². The van der Waals surface area contributed by atoms with E-state index in [-0.39, 0.29) is 12.4 Å². The average molecular weight is 248 g/mol. The molecule has 2 atom stereocenters. The molecular weight excluding hydrogens is 222 g/mol. The summed E-state index contributed by atoms with van der Waals surface area (Å²) >= 11 is 0. The van der Waals surface area contributed by atoms with E-state index in [1.807, 2.05) is 0 Å². The zero-order valence-corrected chi connectivity index (χ0v) is 11.4. The first-order valence-corrected chi connectivity index (χ1v) is 6.68. The van der Waals surface area contributed by atoms with Gasteiger partial charge in [0.2, 0.25) is 0 Å². The van der Waals surface area contributed by atoms with Crippen LogP contribution >= 0.6 is 12.4 Å². The summed E-state index contributed by atoms with van der Waals surface area (Å²) in [5.41, 5.74) is 0.519. The quantitative estimate of drug-likeness (QED) is 0.806. The second-order valence-electron chi connectivity index (χ2n) is 5.13. The SMILES string of the molecule is CCCNC1CC(OCC)C12CCCC2.Cl. The maximum absolute atomic E-state index is 5.89. The normalized spacial score (nSPS) is 31.1. The molecule has 1 spiro atoms. The van der Waals surface area contributed by atoms with Crippen LogP contribution in [0.3, 0.4) is 0 Å². The van der Waals surface area contributed by atoms with Crippen LogP contribution in [0.4, 0.5) is 0 Å². The van der Waals surface area contributed by atoms with Crippen LogP contribution in [0.25, 0.3) is 0 Å². The molecule has 0 aromatic carbocycles. The van der Waals surface area contributed by atoms with E-state index in [0.29, 0.717) is 11.5 Å². The maximum atomic E-state index is 5.89. The molecule has 2 aliphatic carbocycles. The Kier molecular flexibility index (Phi) is 5.55. The number of ether oxygens (including phenoxy) is 1.